The van der Waals surface area contributed by atoms with Crippen LogP contribution in [-0.4, -0.2) is 46.3 Å². The molecular formula is C14H13F3N6O. The van der Waals surface area contributed by atoms with E-state index in [1.54, 1.807) is 0 Å². The zero-order valence-electron chi connectivity index (χ0n) is 12.7. The van der Waals surface area contributed by atoms with Crippen LogP contribution in [0.5, 0.6) is 0 Å². The lowest BCUT2D eigenvalue weighted by Crippen LogP contribution is -2.36. The number of hydrogen-bond acceptors (Lipinski definition) is 6. The quantitative estimate of drug-likeness (QED) is 0.828. The normalized spacial score (nSPS) is 15.4. The molecule has 2 aromatic rings. The Hall–Kier alpha value is -2.67. The minimum atomic E-state index is -4.62. The van der Waals surface area contributed by atoms with Gasteiger partial charge in [-0.25, -0.2) is 0 Å². The number of aromatic nitrogens is 4. The topological polar surface area (TPSA) is 79.9 Å². The fourth-order valence-electron chi connectivity index (χ4n) is 2.54. The van der Waals surface area contributed by atoms with Gasteiger partial charge in [0.1, 0.15) is 11.8 Å². The number of ether oxygens (including phenoxy) is 1. The highest BCUT2D eigenvalue weighted by atomic mass is 19.4. The molecule has 1 saturated heterocycles. The summed E-state index contributed by atoms with van der Waals surface area (Å²) in [6.07, 6.45) is -3.36. The van der Waals surface area contributed by atoms with Crippen molar-refractivity contribution >= 4 is 5.69 Å². The first-order valence-electron chi connectivity index (χ1n) is 7.12. The van der Waals surface area contributed by atoms with Gasteiger partial charge >= 0.3 is 6.18 Å². The molecule has 126 valence electrons. The summed E-state index contributed by atoms with van der Waals surface area (Å²) in [5, 5.41) is 20.1. The van der Waals surface area contributed by atoms with Gasteiger partial charge in [0.2, 0.25) is 0 Å². The Morgan fingerprint density at radius 3 is 2.58 bits per heavy atom. The second-order valence-corrected chi connectivity index (χ2v) is 5.24. The molecule has 0 radical (unpaired) electrons. The minimum absolute atomic E-state index is 0.0395. The highest BCUT2D eigenvalue weighted by Crippen LogP contribution is 2.38. The summed E-state index contributed by atoms with van der Waals surface area (Å²) in [5.74, 6) is 0. The summed E-state index contributed by atoms with van der Waals surface area (Å²) in [6.45, 7) is 1.88. The molecule has 0 aliphatic carbocycles. The molecule has 3 rings (SSSR count). The van der Waals surface area contributed by atoms with Crippen molar-refractivity contribution < 1.29 is 17.9 Å². The van der Waals surface area contributed by atoms with Crippen LogP contribution in [0.15, 0.2) is 12.3 Å². The van der Waals surface area contributed by atoms with Gasteiger partial charge in [0.05, 0.1) is 24.5 Å². The summed E-state index contributed by atoms with van der Waals surface area (Å²) in [4.78, 5) is 1.83. The van der Waals surface area contributed by atoms with Crippen LogP contribution in [0.4, 0.5) is 18.9 Å². The molecule has 1 aliphatic heterocycles. The van der Waals surface area contributed by atoms with Crippen LogP contribution in [0.3, 0.4) is 0 Å². The zero-order chi connectivity index (χ0) is 17.3. The summed E-state index contributed by atoms with van der Waals surface area (Å²) in [7, 11) is 1.41. The molecule has 0 atom stereocenters. The van der Waals surface area contributed by atoms with Crippen molar-refractivity contribution in [1.29, 1.82) is 5.26 Å². The third-order valence-electron chi connectivity index (χ3n) is 3.59. The summed E-state index contributed by atoms with van der Waals surface area (Å²) < 4.78 is 46.1. The van der Waals surface area contributed by atoms with Gasteiger partial charge in [-0.2, -0.15) is 23.5 Å². The molecule has 7 nitrogen and oxygen atoms in total. The number of morpholine rings is 1. The predicted octanol–water partition coefficient (Wildman–Crippen LogP) is 1.60. The molecule has 1 aliphatic rings. The average Bonchev–Trinajstić information content (AvgIpc) is 2.97. The van der Waals surface area contributed by atoms with Gasteiger partial charge < -0.3 is 9.64 Å². The van der Waals surface area contributed by atoms with Crippen LogP contribution in [0, 0.1) is 11.3 Å². The van der Waals surface area contributed by atoms with Crippen LogP contribution in [0.1, 0.15) is 11.4 Å². The van der Waals surface area contributed by atoms with Gasteiger partial charge in [-0.05, 0) is 0 Å². The summed E-state index contributed by atoms with van der Waals surface area (Å²) >= 11 is 0. The first-order chi connectivity index (χ1) is 11.4. The molecule has 2 aromatic heterocycles. The van der Waals surface area contributed by atoms with Crippen LogP contribution < -0.4 is 4.90 Å². The van der Waals surface area contributed by atoms with Crippen molar-refractivity contribution in [3.8, 4) is 17.3 Å². The van der Waals surface area contributed by atoms with E-state index in [1.807, 2.05) is 11.0 Å². The summed E-state index contributed by atoms with van der Waals surface area (Å²) in [5.41, 5.74) is -0.681. The van der Waals surface area contributed by atoms with Gasteiger partial charge in [0.25, 0.3) is 0 Å². The molecule has 0 unspecified atom stereocenters. The van der Waals surface area contributed by atoms with E-state index >= 15 is 0 Å². The number of anilines is 1. The SMILES string of the molecule is Cn1cc(-c2nnc(C#N)cc2N2CCOCC2)c(C(F)(F)F)n1. The largest absolute Gasteiger partial charge is 0.435 e. The van der Waals surface area contributed by atoms with Gasteiger partial charge in [0, 0.05) is 32.4 Å². The highest BCUT2D eigenvalue weighted by molar-refractivity contribution is 5.77. The lowest BCUT2D eigenvalue weighted by molar-refractivity contribution is -0.141. The Bertz CT molecular complexity index is 789. The molecule has 0 spiro atoms. The fraction of sp³-hybridized carbons (Fsp3) is 0.429. The third kappa shape index (κ3) is 3.03. The van der Waals surface area contributed by atoms with E-state index in [4.69, 9.17) is 10.00 Å². The molecular weight excluding hydrogens is 325 g/mol. The monoisotopic (exact) mass is 338 g/mol. The lowest BCUT2D eigenvalue weighted by atomic mass is 10.1. The maximum absolute atomic E-state index is 13.3. The van der Waals surface area contributed by atoms with Gasteiger partial charge in [-0.1, -0.05) is 0 Å². The van der Waals surface area contributed by atoms with E-state index in [9.17, 15) is 13.2 Å². The molecule has 24 heavy (non-hydrogen) atoms. The molecule has 0 aromatic carbocycles. The number of nitriles is 1. The fourth-order valence-corrected chi connectivity index (χ4v) is 2.54. The van der Waals surface area contributed by atoms with Gasteiger partial charge in [-0.3, -0.25) is 4.68 Å². The number of aryl methyl sites for hydroxylation is 1. The van der Waals surface area contributed by atoms with Crippen LogP contribution >= 0.6 is 0 Å². The van der Waals surface area contributed by atoms with E-state index in [1.165, 1.54) is 19.3 Å². The van der Waals surface area contributed by atoms with E-state index in [-0.39, 0.29) is 17.0 Å². The molecule has 0 amide bonds. The van der Waals surface area contributed by atoms with Crippen molar-refractivity contribution in [2.75, 3.05) is 31.2 Å². The summed E-state index contributed by atoms with van der Waals surface area (Å²) in [6, 6.07) is 3.31. The number of halogens is 3. The standard InChI is InChI=1S/C14H13F3N6O/c1-22-8-10(13(21-22)14(15,16)17)12-11(6-9(7-18)19-20-12)23-2-4-24-5-3-23/h6,8H,2-5H2,1H3. The zero-order valence-corrected chi connectivity index (χ0v) is 12.7. The van der Waals surface area contributed by atoms with E-state index in [0.29, 0.717) is 32.0 Å². The Morgan fingerprint density at radius 1 is 1.25 bits per heavy atom. The molecule has 0 N–H and O–H groups in total. The maximum Gasteiger partial charge on any atom is 0.435 e. The van der Waals surface area contributed by atoms with Gasteiger partial charge in [0.15, 0.2) is 11.4 Å². The molecule has 10 heteroatoms. The number of hydrogen-bond donors (Lipinski definition) is 0. The maximum atomic E-state index is 13.3. The van der Waals surface area contributed by atoms with Crippen LogP contribution in [-0.2, 0) is 18.0 Å². The smallest absolute Gasteiger partial charge is 0.378 e. The van der Waals surface area contributed by atoms with Crippen molar-refractivity contribution in [3.05, 3.63) is 23.7 Å². The van der Waals surface area contributed by atoms with Crippen molar-refractivity contribution in [1.82, 2.24) is 20.0 Å². The second kappa shape index (κ2) is 6.09. The Kier molecular flexibility index (Phi) is 4.11. The van der Waals surface area contributed by atoms with Gasteiger partial charge in [-0.15, -0.1) is 10.2 Å². The van der Waals surface area contributed by atoms with Crippen LogP contribution in [0.25, 0.3) is 11.3 Å². The molecule has 0 saturated carbocycles. The number of rotatable bonds is 2. The molecule has 3 heterocycles. The average molecular weight is 338 g/mol. The first-order valence-corrected chi connectivity index (χ1v) is 7.12. The van der Waals surface area contributed by atoms with E-state index < -0.39 is 11.9 Å². The van der Waals surface area contributed by atoms with E-state index in [2.05, 4.69) is 15.3 Å². The lowest BCUT2D eigenvalue weighted by Gasteiger charge is -2.29. The minimum Gasteiger partial charge on any atom is -0.378 e. The van der Waals surface area contributed by atoms with Crippen molar-refractivity contribution in [2.24, 2.45) is 7.05 Å². The number of nitrogens with zero attached hydrogens (tertiary/aromatic N) is 6. The Labute approximate surface area is 135 Å². The Morgan fingerprint density at radius 2 is 1.96 bits per heavy atom. The second-order valence-electron chi connectivity index (χ2n) is 5.24. The van der Waals surface area contributed by atoms with E-state index in [0.717, 1.165) is 4.68 Å². The molecule has 1 fully saturated rings. The van der Waals surface area contributed by atoms with Crippen LogP contribution in [0.2, 0.25) is 0 Å². The van der Waals surface area contributed by atoms with Crippen molar-refractivity contribution in [2.45, 2.75) is 6.18 Å². The highest BCUT2D eigenvalue weighted by Gasteiger charge is 2.38. The molecule has 0 bridgehead atoms. The number of alkyl halides is 3. The van der Waals surface area contributed by atoms with Crippen molar-refractivity contribution in [3.63, 3.8) is 0 Å². The predicted molar refractivity (Wildman–Crippen MR) is 77.0 cm³/mol. The first kappa shape index (κ1) is 16.2. The third-order valence-corrected chi connectivity index (χ3v) is 3.59. The Balaban J connectivity index is 2.16.